The molecule has 23 heavy (non-hydrogen) atoms. The van der Waals surface area contributed by atoms with Crippen molar-refractivity contribution in [1.82, 2.24) is 0 Å². The van der Waals surface area contributed by atoms with Crippen LogP contribution in [0.4, 0.5) is 0 Å². The minimum atomic E-state index is -0.499. The van der Waals surface area contributed by atoms with Gasteiger partial charge in [0, 0.05) is 0 Å². The van der Waals surface area contributed by atoms with Crippen LogP contribution >= 0.6 is 11.3 Å². The SMILES string of the molecule is CCOC(=O)C12COC(COC(=O)[C@@H]3C[C@H]3c3ccsc3)(C1)C2. The lowest BCUT2D eigenvalue weighted by Gasteiger charge is -2.41. The Kier molecular flexibility index (Phi) is 3.50. The van der Waals surface area contributed by atoms with E-state index in [2.05, 4.69) is 11.4 Å². The summed E-state index contributed by atoms with van der Waals surface area (Å²) in [6, 6.07) is 2.07. The highest BCUT2D eigenvalue weighted by molar-refractivity contribution is 7.08. The molecule has 4 aliphatic rings. The monoisotopic (exact) mass is 336 g/mol. The quantitative estimate of drug-likeness (QED) is 0.747. The number of esters is 2. The van der Waals surface area contributed by atoms with Crippen molar-refractivity contribution < 1.29 is 23.8 Å². The molecule has 0 amide bonds. The van der Waals surface area contributed by atoms with E-state index in [1.54, 1.807) is 18.3 Å². The molecule has 1 aromatic heterocycles. The van der Waals surface area contributed by atoms with Gasteiger partial charge in [0.1, 0.15) is 12.2 Å². The van der Waals surface area contributed by atoms with Gasteiger partial charge < -0.3 is 14.2 Å². The van der Waals surface area contributed by atoms with Gasteiger partial charge in [0.25, 0.3) is 0 Å². The Labute approximate surface area is 138 Å². The van der Waals surface area contributed by atoms with Crippen molar-refractivity contribution >= 4 is 23.3 Å². The first-order chi connectivity index (χ1) is 11.1. The second kappa shape index (κ2) is 5.31. The summed E-state index contributed by atoms with van der Waals surface area (Å²) in [5, 5.41) is 4.13. The second-order valence-corrected chi connectivity index (χ2v) is 7.72. The molecular weight excluding hydrogens is 316 g/mol. The minimum Gasteiger partial charge on any atom is -0.465 e. The fourth-order valence-electron chi connectivity index (χ4n) is 3.93. The Morgan fingerprint density at radius 2 is 2.22 bits per heavy atom. The fraction of sp³-hybridized carbons (Fsp3) is 0.647. The first kappa shape index (κ1) is 15.1. The molecule has 2 saturated heterocycles. The van der Waals surface area contributed by atoms with E-state index in [0.717, 1.165) is 6.42 Å². The number of ether oxygens (including phenoxy) is 3. The summed E-state index contributed by atoms with van der Waals surface area (Å²) in [6.07, 6.45) is 2.08. The Bertz CT molecular complexity index is 617. The van der Waals surface area contributed by atoms with Crippen molar-refractivity contribution in [2.75, 3.05) is 19.8 Å². The van der Waals surface area contributed by atoms with Gasteiger partial charge in [0.15, 0.2) is 0 Å². The Morgan fingerprint density at radius 3 is 2.91 bits per heavy atom. The number of rotatable bonds is 6. The maximum Gasteiger partial charge on any atom is 0.314 e. The third-order valence-electron chi connectivity index (χ3n) is 5.23. The second-order valence-electron chi connectivity index (χ2n) is 6.94. The van der Waals surface area contributed by atoms with Crippen molar-refractivity contribution in [3.05, 3.63) is 22.4 Å². The normalized spacial score (nSPS) is 37.1. The summed E-state index contributed by atoms with van der Waals surface area (Å²) in [7, 11) is 0. The molecule has 5 nitrogen and oxygen atoms in total. The lowest BCUT2D eigenvalue weighted by atomic mass is 9.63. The zero-order chi connectivity index (χ0) is 16.1. The van der Waals surface area contributed by atoms with E-state index in [-0.39, 0.29) is 24.5 Å². The van der Waals surface area contributed by atoms with E-state index >= 15 is 0 Å². The average Bonchev–Trinajstić information content (AvgIpc) is 2.92. The van der Waals surface area contributed by atoms with E-state index in [9.17, 15) is 9.59 Å². The van der Waals surface area contributed by atoms with Crippen LogP contribution in [0.25, 0.3) is 0 Å². The minimum absolute atomic E-state index is 0.0164. The van der Waals surface area contributed by atoms with Crippen molar-refractivity contribution in [1.29, 1.82) is 0 Å². The fourth-order valence-corrected chi connectivity index (χ4v) is 4.65. The van der Waals surface area contributed by atoms with E-state index in [1.165, 1.54) is 5.56 Å². The van der Waals surface area contributed by atoms with Crippen molar-refractivity contribution in [3.63, 3.8) is 0 Å². The van der Waals surface area contributed by atoms with Crippen molar-refractivity contribution in [3.8, 4) is 0 Å². The van der Waals surface area contributed by atoms with E-state index in [1.807, 2.05) is 5.38 Å². The molecule has 124 valence electrons. The summed E-state index contributed by atoms with van der Waals surface area (Å²) >= 11 is 1.65. The molecule has 2 saturated carbocycles. The number of carbonyl (C=O) groups is 2. The highest BCUT2D eigenvalue weighted by atomic mass is 32.1. The smallest absolute Gasteiger partial charge is 0.314 e. The molecule has 5 rings (SSSR count). The van der Waals surface area contributed by atoms with Crippen LogP contribution < -0.4 is 0 Å². The molecule has 4 fully saturated rings. The lowest BCUT2D eigenvalue weighted by molar-refractivity contribution is -0.166. The van der Waals surface area contributed by atoms with Crippen LogP contribution in [0.3, 0.4) is 0 Å². The summed E-state index contributed by atoms with van der Waals surface area (Å²) in [5.41, 5.74) is 0.272. The van der Waals surface area contributed by atoms with Gasteiger partial charge in [-0.05, 0) is 54.5 Å². The lowest BCUT2D eigenvalue weighted by Crippen LogP contribution is -2.52. The van der Waals surface area contributed by atoms with Crippen LogP contribution in [0.5, 0.6) is 0 Å². The summed E-state index contributed by atoms with van der Waals surface area (Å²) in [5.74, 6) is -0.0214. The number of hydrogen-bond acceptors (Lipinski definition) is 6. The van der Waals surface area contributed by atoms with Gasteiger partial charge >= 0.3 is 11.9 Å². The zero-order valence-corrected chi connectivity index (χ0v) is 13.9. The van der Waals surface area contributed by atoms with Crippen LogP contribution in [0.2, 0.25) is 0 Å². The predicted molar refractivity (Wildman–Crippen MR) is 83.1 cm³/mol. The molecule has 2 aliphatic heterocycles. The Hall–Kier alpha value is -1.40. The zero-order valence-electron chi connectivity index (χ0n) is 13.1. The third-order valence-corrected chi connectivity index (χ3v) is 5.93. The van der Waals surface area contributed by atoms with Crippen LogP contribution in [0.15, 0.2) is 16.8 Å². The Balaban J connectivity index is 1.27. The number of thiophene rings is 1. The van der Waals surface area contributed by atoms with Crippen molar-refractivity contribution in [2.45, 2.75) is 37.7 Å². The highest BCUT2D eigenvalue weighted by Crippen LogP contribution is 2.58. The van der Waals surface area contributed by atoms with Gasteiger partial charge in [-0.15, -0.1) is 0 Å². The van der Waals surface area contributed by atoms with Gasteiger partial charge in [0.2, 0.25) is 0 Å². The van der Waals surface area contributed by atoms with Crippen LogP contribution in [0, 0.1) is 11.3 Å². The number of carbonyl (C=O) groups excluding carboxylic acids is 2. The molecule has 6 heteroatoms. The molecule has 0 radical (unpaired) electrons. The molecule has 3 heterocycles. The van der Waals surface area contributed by atoms with Gasteiger partial charge in [0.05, 0.1) is 24.5 Å². The van der Waals surface area contributed by atoms with Gasteiger partial charge in [-0.2, -0.15) is 11.3 Å². The van der Waals surface area contributed by atoms with Gasteiger partial charge in [-0.3, -0.25) is 9.59 Å². The topological polar surface area (TPSA) is 61.8 Å². The summed E-state index contributed by atoms with van der Waals surface area (Å²) in [6.45, 7) is 2.82. The highest BCUT2D eigenvalue weighted by Gasteiger charge is 2.67. The van der Waals surface area contributed by atoms with Crippen LogP contribution in [0.1, 0.15) is 37.7 Å². The molecule has 0 aromatic carbocycles. The van der Waals surface area contributed by atoms with Crippen LogP contribution in [-0.2, 0) is 23.8 Å². The van der Waals surface area contributed by atoms with Gasteiger partial charge in [-0.25, -0.2) is 0 Å². The number of hydrogen-bond donors (Lipinski definition) is 0. The van der Waals surface area contributed by atoms with E-state index in [4.69, 9.17) is 14.2 Å². The van der Waals surface area contributed by atoms with E-state index < -0.39 is 11.0 Å². The molecule has 2 atom stereocenters. The molecule has 2 bridgehead atoms. The third kappa shape index (κ3) is 2.48. The largest absolute Gasteiger partial charge is 0.465 e. The van der Waals surface area contributed by atoms with Gasteiger partial charge in [-0.1, -0.05) is 0 Å². The Morgan fingerprint density at radius 1 is 1.39 bits per heavy atom. The van der Waals surface area contributed by atoms with Crippen molar-refractivity contribution in [2.24, 2.45) is 11.3 Å². The predicted octanol–water partition coefficient (Wildman–Crippen LogP) is 2.51. The number of fused-ring (bicyclic) bond motifs is 1. The maximum atomic E-state index is 12.2. The molecule has 2 aliphatic carbocycles. The molecular formula is C17H20O5S. The van der Waals surface area contributed by atoms with Crippen LogP contribution in [-0.4, -0.2) is 37.4 Å². The molecule has 0 unspecified atom stereocenters. The van der Waals surface area contributed by atoms with E-state index in [0.29, 0.717) is 32.0 Å². The first-order valence-electron chi connectivity index (χ1n) is 8.07. The molecule has 0 N–H and O–H groups in total. The molecule has 1 aromatic rings. The first-order valence-corrected chi connectivity index (χ1v) is 9.02. The summed E-state index contributed by atoms with van der Waals surface area (Å²) < 4.78 is 16.4. The standard InChI is InChI=1S/C17H20O5S/c1-2-20-15(19)16-7-17(8-16,22-9-16)10-21-14(18)13-5-12(13)11-3-4-23-6-11/h3-4,6,12-13H,2,5,7-10H2,1H3/t12-,13+,16?,17?/m0/s1. The average molecular weight is 336 g/mol. The summed E-state index contributed by atoms with van der Waals surface area (Å²) in [4.78, 5) is 24.1. The maximum absolute atomic E-state index is 12.2. The molecule has 0 spiro atoms.